The highest BCUT2D eigenvalue weighted by atomic mass is 35.5. The molecule has 3 rings (SSSR count). The maximum Gasteiger partial charge on any atom is 0.134 e. The lowest BCUT2D eigenvalue weighted by Crippen LogP contribution is -2.34. The molecule has 0 amide bonds. The number of rotatable bonds is 3. The number of hydrogen-bond acceptors (Lipinski definition) is 4. The van der Waals surface area contributed by atoms with Crippen LogP contribution < -0.4 is 5.32 Å². The van der Waals surface area contributed by atoms with E-state index in [0.717, 1.165) is 18.1 Å². The van der Waals surface area contributed by atoms with Crippen molar-refractivity contribution in [3.63, 3.8) is 0 Å². The summed E-state index contributed by atoms with van der Waals surface area (Å²) in [5.41, 5.74) is 0. The van der Waals surface area contributed by atoms with E-state index >= 15 is 0 Å². The van der Waals surface area contributed by atoms with E-state index < -0.39 is 0 Å². The SMILES string of the molecule is CCc1nc(Cl)cc(NC2CCN3CCCC23)n1. The van der Waals surface area contributed by atoms with Gasteiger partial charge in [0.1, 0.15) is 16.8 Å². The first-order chi connectivity index (χ1) is 8.76. The van der Waals surface area contributed by atoms with Gasteiger partial charge < -0.3 is 5.32 Å². The van der Waals surface area contributed by atoms with Crippen LogP contribution >= 0.6 is 11.6 Å². The van der Waals surface area contributed by atoms with E-state index in [2.05, 4.69) is 20.2 Å². The van der Waals surface area contributed by atoms with Crippen LogP contribution in [0, 0.1) is 0 Å². The molecule has 0 bridgehead atoms. The quantitative estimate of drug-likeness (QED) is 0.853. The third kappa shape index (κ3) is 2.31. The van der Waals surface area contributed by atoms with Gasteiger partial charge in [0.25, 0.3) is 0 Å². The molecule has 4 nitrogen and oxygen atoms in total. The van der Waals surface area contributed by atoms with Crippen molar-refractivity contribution in [2.75, 3.05) is 18.4 Å². The Bertz CT molecular complexity index is 437. The summed E-state index contributed by atoms with van der Waals surface area (Å²) in [5, 5.41) is 4.08. The second-order valence-corrected chi connectivity index (χ2v) is 5.52. The Labute approximate surface area is 113 Å². The van der Waals surface area contributed by atoms with Crippen LogP contribution in [0.4, 0.5) is 5.82 Å². The summed E-state index contributed by atoms with van der Waals surface area (Å²) in [6, 6.07) is 3.03. The van der Waals surface area contributed by atoms with Gasteiger partial charge in [-0.15, -0.1) is 0 Å². The van der Waals surface area contributed by atoms with Crippen molar-refractivity contribution in [3.05, 3.63) is 17.0 Å². The summed E-state index contributed by atoms with van der Waals surface area (Å²) in [5.74, 6) is 1.69. The minimum absolute atomic E-state index is 0.517. The van der Waals surface area contributed by atoms with Gasteiger partial charge in [-0.25, -0.2) is 9.97 Å². The molecule has 18 heavy (non-hydrogen) atoms. The molecular formula is C13H19ClN4. The molecule has 2 fully saturated rings. The van der Waals surface area contributed by atoms with Gasteiger partial charge in [0.15, 0.2) is 0 Å². The summed E-state index contributed by atoms with van der Waals surface area (Å²) >= 11 is 6.02. The van der Waals surface area contributed by atoms with Crippen molar-refractivity contribution in [1.29, 1.82) is 0 Å². The van der Waals surface area contributed by atoms with Crippen LogP contribution in [0.5, 0.6) is 0 Å². The van der Waals surface area contributed by atoms with Crippen molar-refractivity contribution in [3.8, 4) is 0 Å². The fraction of sp³-hybridized carbons (Fsp3) is 0.692. The molecule has 2 saturated heterocycles. The second kappa shape index (κ2) is 5.02. The Hall–Kier alpha value is -0.870. The minimum atomic E-state index is 0.517. The van der Waals surface area contributed by atoms with Gasteiger partial charge in [0.05, 0.1) is 0 Å². The molecule has 2 unspecified atom stereocenters. The van der Waals surface area contributed by atoms with Crippen molar-refractivity contribution in [2.24, 2.45) is 0 Å². The van der Waals surface area contributed by atoms with Crippen LogP contribution in [0.3, 0.4) is 0 Å². The van der Waals surface area contributed by atoms with Gasteiger partial charge in [-0.3, -0.25) is 4.90 Å². The van der Waals surface area contributed by atoms with E-state index in [9.17, 15) is 0 Å². The Morgan fingerprint density at radius 3 is 3.11 bits per heavy atom. The summed E-state index contributed by atoms with van der Waals surface area (Å²) in [6.45, 7) is 4.51. The molecule has 0 aliphatic carbocycles. The van der Waals surface area contributed by atoms with Crippen LogP contribution in [0.15, 0.2) is 6.07 Å². The predicted molar refractivity (Wildman–Crippen MR) is 73.0 cm³/mol. The molecule has 1 aromatic rings. The van der Waals surface area contributed by atoms with E-state index in [1.165, 1.54) is 32.4 Å². The van der Waals surface area contributed by atoms with Gasteiger partial charge in [0.2, 0.25) is 0 Å². The Morgan fingerprint density at radius 2 is 2.28 bits per heavy atom. The number of aryl methyl sites for hydroxylation is 1. The molecule has 1 aromatic heterocycles. The smallest absolute Gasteiger partial charge is 0.134 e. The van der Waals surface area contributed by atoms with Gasteiger partial charge in [0, 0.05) is 31.1 Å². The molecule has 1 N–H and O–H groups in total. The minimum Gasteiger partial charge on any atom is -0.366 e. The fourth-order valence-electron chi connectivity index (χ4n) is 3.14. The number of nitrogens with zero attached hydrogens (tertiary/aromatic N) is 3. The number of halogens is 1. The molecule has 0 radical (unpaired) electrons. The lowest BCUT2D eigenvalue weighted by atomic mass is 10.1. The zero-order valence-electron chi connectivity index (χ0n) is 10.7. The lowest BCUT2D eigenvalue weighted by Gasteiger charge is -2.21. The first kappa shape index (κ1) is 12.2. The van der Waals surface area contributed by atoms with Crippen LogP contribution in [0.25, 0.3) is 0 Å². The lowest BCUT2D eigenvalue weighted by molar-refractivity contribution is 0.318. The van der Waals surface area contributed by atoms with Crippen LogP contribution in [0.1, 0.15) is 32.0 Å². The topological polar surface area (TPSA) is 41.1 Å². The predicted octanol–water partition coefficient (Wildman–Crippen LogP) is 2.34. The van der Waals surface area contributed by atoms with Gasteiger partial charge in [-0.05, 0) is 25.8 Å². The molecule has 5 heteroatoms. The normalized spacial score (nSPS) is 27.4. The molecule has 0 spiro atoms. The van der Waals surface area contributed by atoms with Gasteiger partial charge in [-0.2, -0.15) is 0 Å². The maximum atomic E-state index is 6.02. The second-order valence-electron chi connectivity index (χ2n) is 5.13. The van der Waals surface area contributed by atoms with Gasteiger partial charge >= 0.3 is 0 Å². The molecule has 2 aliphatic rings. The molecule has 0 aromatic carbocycles. The number of hydrogen-bond donors (Lipinski definition) is 1. The maximum absolute atomic E-state index is 6.02. The van der Waals surface area contributed by atoms with Crippen LogP contribution in [-0.4, -0.2) is 40.0 Å². The molecule has 0 saturated carbocycles. The van der Waals surface area contributed by atoms with Gasteiger partial charge in [-0.1, -0.05) is 18.5 Å². The molecule has 3 heterocycles. The largest absolute Gasteiger partial charge is 0.366 e. The number of fused-ring (bicyclic) bond motifs is 1. The van der Waals surface area contributed by atoms with E-state index in [4.69, 9.17) is 11.6 Å². The van der Waals surface area contributed by atoms with E-state index in [1.54, 1.807) is 0 Å². The average Bonchev–Trinajstić information content (AvgIpc) is 2.93. The average molecular weight is 267 g/mol. The van der Waals surface area contributed by atoms with E-state index in [1.807, 2.05) is 13.0 Å². The summed E-state index contributed by atoms with van der Waals surface area (Å²) in [4.78, 5) is 11.3. The standard InChI is InChI=1S/C13H19ClN4/c1-2-12-16-11(14)8-13(17-12)15-9-5-7-18-6-3-4-10(9)18/h8-10H,2-7H2,1H3,(H,15,16,17). The monoisotopic (exact) mass is 266 g/mol. The van der Waals surface area contributed by atoms with Crippen LogP contribution in [-0.2, 0) is 6.42 Å². The molecular weight excluding hydrogens is 248 g/mol. The zero-order chi connectivity index (χ0) is 12.5. The van der Waals surface area contributed by atoms with Crippen molar-refractivity contribution < 1.29 is 0 Å². The first-order valence-corrected chi connectivity index (χ1v) is 7.18. The first-order valence-electron chi connectivity index (χ1n) is 6.80. The summed E-state index contributed by atoms with van der Waals surface area (Å²) in [7, 11) is 0. The van der Waals surface area contributed by atoms with E-state index in [0.29, 0.717) is 17.2 Å². The Balaban J connectivity index is 1.74. The fourth-order valence-corrected chi connectivity index (χ4v) is 3.34. The third-order valence-corrected chi connectivity index (χ3v) is 4.19. The summed E-state index contributed by atoms with van der Waals surface area (Å²) < 4.78 is 0. The Morgan fingerprint density at radius 1 is 1.39 bits per heavy atom. The van der Waals surface area contributed by atoms with Crippen molar-refractivity contribution in [2.45, 2.75) is 44.7 Å². The van der Waals surface area contributed by atoms with Crippen LogP contribution in [0.2, 0.25) is 5.15 Å². The van der Waals surface area contributed by atoms with Crippen molar-refractivity contribution in [1.82, 2.24) is 14.9 Å². The molecule has 2 atom stereocenters. The Kier molecular flexibility index (Phi) is 3.39. The van der Waals surface area contributed by atoms with E-state index in [-0.39, 0.29) is 0 Å². The highest BCUT2D eigenvalue weighted by molar-refractivity contribution is 6.29. The highest BCUT2D eigenvalue weighted by Crippen LogP contribution is 2.30. The number of anilines is 1. The highest BCUT2D eigenvalue weighted by Gasteiger charge is 2.37. The number of aromatic nitrogens is 2. The van der Waals surface area contributed by atoms with Crippen molar-refractivity contribution >= 4 is 17.4 Å². The summed E-state index contributed by atoms with van der Waals surface area (Å²) in [6.07, 6.45) is 4.65. The zero-order valence-corrected chi connectivity index (χ0v) is 11.5. The third-order valence-electron chi connectivity index (χ3n) is 4.00. The number of nitrogens with one attached hydrogen (secondary N) is 1. The molecule has 98 valence electrons. The molecule has 2 aliphatic heterocycles.